The molecule has 3 aromatic rings. The number of pyridine rings is 1. The highest BCUT2D eigenvalue weighted by Gasteiger charge is 2.34. The number of hydrogen-bond acceptors (Lipinski definition) is 7. The van der Waals surface area contributed by atoms with Gasteiger partial charge in [-0.05, 0) is 91.3 Å². The number of ether oxygens (including phenoxy) is 2. The average molecular weight is 611 g/mol. The number of piperidine rings is 1. The van der Waals surface area contributed by atoms with Gasteiger partial charge >= 0.3 is 5.97 Å². The Balaban J connectivity index is 1.27. The van der Waals surface area contributed by atoms with Crippen molar-refractivity contribution in [3.8, 4) is 17.7 Å². The molecule has 1 atom stereocenters. The van der Waals surface area contributed by atoms with Crippen molar-refractivity contribution in [1.82, 2.24) is 4.98 Å². The number of hydrogen-bond donors (Lipinski definition) is 1. The number of nitrogens with zero attached hydrogens (tertiary/aromatic N) is 4. The van der Waals surface area contributed by atoms with E-state index in [1.807, 2.05) is 42.5 Å². The van der Waals surface area contributed by atoms with Crippen LogP contribution in [0.1, 0.15) is 73.4 Å². The van der Waals surface area contributed by atoms with Crippen LogP contribution in [0.2, 0.25) is 0 Å². The first-order chi connectivity index (χ1) is 21.7. The summed E-state index contributed by atoms with van der Waals surface area (Å²) in [6.45, 7) is 6.70. The van der Waals surface area contributed by atoms with E-state index in [9.17, 15) is 20.0 Å². The molecule has 1 aromatic heterocycles. The average Bonchev–Trinajstić information content (AvgIpc) is 3.90. The zero-order valence-electron chi connectivity index (χ0n) is 26.3. The second-order valence-electron chi connectivity index (χ2n) is 12.6. The minimum atomic E-state index is -0.778. The van der Waals surface area contributed by atoms with Crippen molar-refractivity contribution >= 4 is 23.3 Å². The summed E-state index contributed by atoms with van der Waals surface area (Å²) in [5.41, 5.74) is 3.64. The van der Waals surface area contributed by atoms with Crippen molar-refractivity contribution in [2.45, 2.75) is 51.9 Å². The Morgan fingerprint density at radius 2 is 1.87 bits per heavy atom. The van der Waals surface area contributed by atoms with Gasteiger partial charge in [-0.2, -0.15) is 5.26 Å². The molecule has 1 aliphatic carbocycles. The predicted octanol–water partition coefficient (Wildman–Crippen LogP) is 6.53. The third kappa shape index (κ3) is 8.13. The van der Waals surface area contributed by atoms with Gasteiger partial charge < -0.3 is 24.4 Å². The highest BCUT2D eigenvalue weighted by molar-refractivity contribution is 6.10. The molecule has 2 heterocycles. The third-order valence-electron chi connectivity index (χ3n) is 8.71. The smallest absolute Gasteiger partial charge is 0.303 e. The maximum Gasteiger partial charge on any atom is 0.303 e. The zero-order valence-corrected chi connectivity index (χ0v) is 26.3. The Hall–Kier alpha value is -4.58. The topological polar surface area (TPSA) is 116 Å². The van der Waals surface area contributed by atoms with Crippen LogP contribution in [0.15, 0.2) is 60.8 Å². The second-order valence-corrected chi connectivity index (χ2v) is 12.6. The first-order valence-electron chi connectivity index (χ1n) is 15.8. The molecule has 9 nitrogen and oxygen atoms in total. The van der Waals surface area contributed by atoms with Crippen LogP contribution >= 0.6 is 0 Å². The quantitative estimate of drug-likeness (QED) is 0.232. The van der Waals surface area contributed by atoms with Crippen LogP contribution in [0.3, 0.4) is 0 Å². The number of carbonyl (C=O) groups excluding carboxylic acids is 1. The van der Waals surface area contributed by atoms with E-state index in [1.54, 1.807) is 30.3 Å². The molecule has 1 N–H and O–H groups in total. The minimum Gasteiger partial charge on any atom is -0.497 e. The number of rotatable bonds is 13. The number of amides is 1. The highest BCUT2D eigenvalue weighted by Crippen LogP contribution is 2.45. The molecule has 1 saturated carbocycles. The van der Waals surface area contributed by atoms with Gasteiger partial charge in [-0.25, -0.2) is 4.98 Å². The van der Waals surface area contributed by atoms with E-state index >= 15 is 0 Å². The predicted molar refractivity (Wildman–Crippen MR) is 173 cm³/mol. The van der Waals surface area contributed by atoms with Gasteiger partial charge in [0.05, 0.1) is 43.0 Å². The third-order valence-corrected chi connectivity index (χ3v) is 8.71. The molecule has 2 aromatic carbocycles. The van der Waals surface area contributed by atoms with E-state index in [1.165, 1.54) is 0 Å². The molecular weight excluding hydrogens is 568 g/mol. The number of anilines is 2. The monoisotopic (exact) mass is 610 g/mol. The maximum absolute atomic E-state index is 14.2. The Labute approximate surface area is 265 Å². The fraction of sp³-hybridized carbons (Fsp3) is 0.444. The molecule has 0 bridgehead atoms. The van der Waals surface area contributed by atoms with Crippen molar-refractivity contribution in [2.75, 3.05) is 43.2 Å². The maximum atomic E-state index is 14.2. The minimum absolute atomic E-state index is 0.00241. The lowest BCUT2D eigenvalue weighted by atomic mass is 9.92. The molecule has 2 fully saturated rings. The molecule has 236 valence electrons. The van der Waals surface area contributed by atoms with Gasteiger partial charge in [0.15, 0.2) is 0 Å². The normalized spacial score (nSPS) is 15.8. The van der Waals surface area contributed by atoms with Crippen LogP contribution in [-0.2, 0) is 4.79 Å². The fourth-order valence-corrected chi connectivity index (χ4v) is 6.16. The van der Waals surface area contributed by atoms with Crippen molar-refractivity contribution in [3.05, 3.63) is 77.5 Å². The molecule has 1 aliphatic heterocycles. The molecule has 9 heteroatoms. The highest BCUT2D eigenvalue weighted by atomic mass is 16.5. The number of aromatic nitrogens is 1. The summed E-state index contributed by atoms with van der Waals surface area (Å²) in [4.78, 5) is 34.0. The van der Waals surface area contributed by atoms with Gasteiger partial charge in [-0.1, -0.05) is 19.9 Å². The standard InChI is InChI=1S/C36H42N4O5/c1-24(2)22-40(29-6-4-5-26(17-29)21-37)36(43)31-10-9-30(44-3)19-33(31)39-15-12-25(13-16-39)23-45-34-18-28(11-14-38-34)32(20-35(41)42)27-7-8-27/h4-6,9-11,14,17-19,24-25,27,32H,7-8,12-13,15-16,20,22-23H2,1-3H3,(H,41,42). The summed E-state index contributed by atoms with van der Waals surface area (Å²) in [6.07, 6.45) is 5.75. The van der Waals surface area contributed by atoms with Crippen LogP contribution in [0, 0.1) is 29.1 Å². The summed E-state index contributed by atoms with van der Waals surface area (Å²) in [7, 11) is 1.63. The summed E-state index contributed by atoms with van der Waals surface area (Å²) in [5.74, 6) is 1.31. The number of benzene rings is 2. The molecular formula is C36H42N4O5. The number of aliphatic carboxylic acids is 1. The molecule has 0 spiro atoms. The molecule has 0 radical (unpaired) electrons. The Bertz CT molecular complexity index is 1540. The first kappa shape index (κ1) is 31.8. The summed E-state index contributed by atoms with van der Waals surface area (Å²) in [6, 6.07) is 18.8. The number of carboxylic acids is 1. The van der Waals surface area contributed by atoms with Crippen LogP contribution in [0.25, 0.3) is 0 Å². The summed E-state index contributed by atoms with van der Waals surface area (Å²) in [5, 5.41) is 18.8. The first-order valence-corrected chi connectivity index (χ1v) is 15.8. The van der Waals surface area contributed by atoms with E-state index in [0.29, 0.717) is 53.4 Å². The largest absolute Gasteiger partial charge is 0.497 e. The van der Waals surface area contributed by atoms with E-state index < -0.39 is 5.97 Å². The van der Waals surface area contributed by atoms with E-state index in [-0.39, 0.29) is 24.2 Å². The van der Waals surface area contributed by atoms with E-state index in [0.717, 1.165) is 50.0 Å². The summed E-state index contributed by atoms with van der Waals surface area (Å²) < 4.78 is 11.7. The van der Waals surface area contributed by atoms with Gasteiger partial charge in [0, 0.05) is 43.7 Å². The number of nitriles is 1. The summed E-state index contributed by atoms with van der Waals surface area (Å²) >= 11 is 0. The SMILES string of the molecule is COc1ccc(C(=O)N(CC(C)C)c2cccc(C#N)c2)c(N2CCC(COc3cc(C(CC(=O)O)C4CC4)ccn3)CC2)c1. The Morgan fingerprint density at radius 1 is 1.09 bits per heavy atom. The van der Waals surface area contributed by atoms with Crippen molar-refractivity contribution in [2.24, 2.45) is 17.8 Å². The zero-order chi connectivity index (χ0) is 31.9. The van der Waals surface area contributed by atoms with Crippen molar-refractivity contribution in [1.29, 1.82) is 5.26 Å². The fourth-order valence-electron chi connectivity index (χ4n) is 6.16. The van der Waals surface area contributed by atoms with Gasteiger partial charge in [0.1, 0.15) is 5.75 Å². The molecule has 5 rings (SSSR count). The van der Waals surface area contributed by atoms with E-state index in [2.05, 4.69) is 29.8 Å². The van der Waals surface area contributed by atoms with Crippen molar-refractivity contribution < 1.29 is 24.2 Å². The van der Waals surface area contributed by atoms with Crippen LogP contribution < -0.4 is 19.3 Å². The Morgan fingerprint density at radius 3 is 2.53 bits per heavy atom. The van der Waals surface area contributed by atoms with E-state index in [4.69, 9.17) is 9.47 Å². The lowest BCUT2D eigenvalue weighted by molar-refractivity contribution is -0.137. The number of methoxy groups -OCH3 is 1. The number of carbonyl (C=O) groups is 2. The van der Waals surface area contributed by atoms with Crippen LogP contribution in [0.4, 0.5) is 11.4 Å². The lowest BCUT2D eigenvalue weighted by Gasteiger charge is -2.35. The second kappa shape index (κ2) is 14.5. The van der Waals surface area contributed by atoms with Crippen LogP contribution in [0.5, 0.6) is 11.6 Å². The molecule has 45 heavy (non-hydrogen) atoms. The van der Waals surface area contributed by atoms with Gasteiger partial charge in [0.25, 0.3) is 5.91 Å². The van der Waals surface area contributed by atoms with Gasteiger partial charge in [-0.15, -0.1) is 0 Å². The van der Waals surface area contributed by atoms with Crippen LogP contribution in [-0.4, -0.2) is 55.3 Å². The molecule has 1 saturated heterocycles. The number of carboxylic acid groups (broad SMARTS) is 1. The lowest BCUT2D eigenvalue weighted by Crippen LogP contribution is -2.39. The Kier molecular flexibility index (Phi) is 10.2. The van der Waals surface area contributed by atoms with Crippen molar-refractivity contribution in [3.63, 3.8) is 0 Å². The van der Waals surface area contributed by atoms with Gasteiger partial charge in [0.2, 0.25) is 5.88 Å². The molecule has 1 amide bonds. The van der Waals surface area contributed by atoms with Gasteiger partial charge in [-0.3, -0.25) is 9.59 Å². The molecule has 1 unspecified atom stereocenters. The molecule has 2 aliphatic rings.